The molecule has 1 heterocycles. The van der Waals surface area contributed by atoms with Crippen molar-refractivity contribution in [1.29, 1.82) is 5.41 Å². The first-order valence-corrected chi connectivity index (χ1v) is 6.84. The average Bonchev–Trinajstić information content (AvgIpc) is 2.92. The lowest BCUT2D eigenvalue weighted by molar-refractivity contribution is 0.396. The fraction of sp³-hybridized carbons (Fsp3) is 0.188. The maximum Gasteiger partial charge on any atom is 0.134 e. The second-order valence-corrected chi connectivity index (χ2v) is 4.67. The molecule has 5 N–H and O–H groups in total. The molecule has 0 radical (unpaired) electrons. The molecule has 0 saturated carbocycles. The van der Waals surface area contributed by atoms with Crippen LogP contribution in [-0.4, -0.2) is 17.2 Å². The Hall–Kier alpha value is -2.96. The summed E-state index contributed by atoms with van der Waals surface area (Å²) < 4.78 is 18.6. The van der Waals surface area contributed by atoms with Gasteiger partial charge in [0.2, 0.25) is 0 Å². The van der Waals surface area contributed by atoms with E-state index in [9.17, 15) is 4.39 Å². The largest absolute Gasteiger partial charge is 0.402 e. The van der Waals surface area contributed by atoms with Crippen LogP contribution >= 0.6 is 0 Å². The third-order valence-electron chi connectivity index (χ3n) is 2.63. The summed E-state index contributed by atoms with van der Waals surface area (Å²) in [6.45, 7) is 3.77. The zero-order chi connectivity index (χ0) is 17.2. The van der Waals surface area contributed by atoms with Gasteiger partial charge >= 0.3 is 0 Å². The minimum absolute atomic E-state index is 0.220. The summed E-state index contributed by atoms with van der Waals surface area (Å²) in [6, 6.07) is 8.30. The molecule has 0 fully saturated rings. The highest BCUT2D eigenvalue weighted by atomic mass is 19.1. The number of nitrogens with two attached hydrogens (primary N) is 2. The molecule has 0 aliphatic carbocycles. The van der Waals surface area contributed by atoms with Crippen LogP contribution in [0.5, 0.6) is 0 Å². The first-order chi connectivity index (χ1) is 11.0. The fourth-order valence-electron chi connectivity index (χ4n) is 1.70. The number of benzene rings is 1. The smallest absolute Gasteiger partial charge is 0.134 e. The van der Waals surface area contributed by atoms with Gasteiger partial charge in [-0.3, -0.25) is 10.4 Å². The zero-order valence-electron chi connectivity index (χ0n) is 13.1. The molecule has 0 atom stereocenters. The summed E-state index contributed by atoms with van der Waals surface area (Å²) in [4.78, 5) is 4.38. The van der Waals surface area contributed by atoms with E-state index in [2.05, 4.69) is 15.9 Å². The second-order valence-electron chi connectivity index (χ2n) is 4.67. The van der Waals surface area contributed by atoms with E-state index < -0.39 is 0 Å². The van der Waals surface area contributed by atoms with Gasteiger partial charge in [-0.15, -0.1) is 0 Å². The zero-order valence-corrected chi connectivity index (χ0v) is 13.1. The van der Waals surface area contributed by atoms with E-state index in [1.54, 1.807) is 44.2 Å². The van der Waals surface area contributed by atoms with Crippen LogP contribution in [0.3, 0.4) is 0 Å². The number of hydrogen-bond acceptors (Lipinski definition) is 5. The molecule has 122 valence electrons. The molecule has 2 rings (SSSR count). The van der Waals surface area contributed by atoms with Crippen molar-refractivity contribution in [3.05, 3.63) is 64.9 Å². The molecular weight excluding hydrogens is 297 g/mol. The van der Waals surface area contributed by atoms with Crippen LogP contribution in [0.15, 0.2) is 51.6 Å². The Bertz CT molecular complexity index is 702. The van der Waals surface area contributed by atoms with Crippen molar-refractivity contribution >= 4 is 12.1 Å². The second kappa shape index (κ2) is 9.14. The van der Waals surface area contributed by atoms with Crippen molar-refractivity contribution in [2.45, 2.75) is 20.4 Å². The molecule has 0 unspecified atom stereocenters. The molecule has 1 aromatic heterocycles. The minimum Gasteiger partial charge on any atom is -0.402 e. The van der Waals surface area contributed by atoms with Gasteiger partial charge in [0.15, 0.2) is 0 Å². The van der Waals surface area contributed by atoms with Crippen molar-refractivity contribution in [2.24, 2.45) is 16.5 Å². The van der Waals surface area contributed by atoms with Gasteiger partial charge in [0.05, 0.1) is 18.6 Å². The Morgan fingerprint density at radius 1 is 1.43 bits per heavy atom. The van der Waals surface area contributed by atoms with Crippen molar-refractivity contribution in [3.63, 3.8) is 0 Å². The van der Waals surface area contributed by atoms with Crippen LogP contribution in [0.4, 0.5) is 4.39 Å². The molecule has 0 bridgehead atoms. The molecule has 0 amide bonds. The number of aromatic nitrogens is 1. The van der Waals surface area contributed by atoms with Crippen molar-refractivity contribution in [1.82, 2.24) is 5.16 Å². The van der Waals surface area contributed by atoms with Crippen molar-refractivity contribution in [3.8, 4) is 0 Å². The molecule has 6 nitrogen and oxygen atoms in total. The third-order valence-corrected chi connectivity index (χ3v) is 2.63. The van der Waals surface area contributed by atoms with Crippen LogP contribution in [0.1, 0.15) is 23.9 Å². The van der Waals surface area contributed by atoms with Gasteiger partial charge in [0.1, 0.15) is 17.3 Å². The number of nitrogens with zero attached hydrogens (tertiary/aromatic N) is 2. The van der Waals surface area contributed by atoms with E-state index in [1.807, 2.05) is 0 Å². The van der Waals surface area contributed by atoms with Gasteiger partial charge in [0, 0.05) is 17.3 Å². The first kappa shape index (κ1) is 18.1. The SMILES string of the molecule is C/C(N)=C/C(=NCc1ccccc1F)c1cc(C)on1.N=CN. The molecular formula is C16H20FN5O. The highest BCUT2D eigenvalue weighted by molar-refractivity contribution is 6.07. The lowest BCUT2D eigenvalue weighted by Crippen LogP contribution is -2.03. The highest BCUT2D eigenvalue weighted by Crippen LogP contribution is 2.10. The lowest BCUT2D eigenvalue weighted by atomic mass is 10.2. The number of aliphatic imine (C=N–C) groups is 1. The predicted octanol–water partition coefficient (Wildman–Crippen LogP) is 2.53. The average molecular weight is 317 g/mol. The number of aryl methyl sites for hydroxylation is 1. The standard InChI is InChI=1S/C15H16FN3O.CH4N2/c1-10(17)7-14(15-8-11(2)20-19-15)18-9-12-5-3-4-6-13(12)16;2-1-3/h3-8H,9,17H2,1-2H3;1H,(H3,2,3)/b10-7-,18-14?;. The Labute approximate surface area is 134 Å². The molecule has 7 heteroatoms. The van der Waals surface area contributed by atoms with Crippen LogP contribution in [0, 0.1) is 18.2 Å². The van der Waals surface area contributed by atoms with E-state index in [-0.39, 0.29) is 12.4 Å². The van der Waals surface area contributed by atoms with Gasteiger partial charge in [0.25, 0.3) is 0 Å². The fourth-order valence-corrected chi connectivity index (χ4v) is 1.70. The van der Waals surface area contributed by atoms with Crippen molar-refractivity contribution in [2.75, 3.05) is 0 Å². The van der Waals surface area contributed by atoms with E-state index in [4.69, 9.17) is 15.7 Å². The topological polar surface area (TPSA) is 114 Å². The summed E-state index contributed by atoms with van der Waals surface area (Å²) in [5, 5.41) is 9.77. The summed E-state index contributed by atoms with van der Waals surface area (Å²) >= 11 is 0. The molecule has 23 heavy (non-hydrogen) atoms. The van der Waals surface area contributed by atoms with Crippen LogP contribution in [0.25, 0.3) is 0 Å². The molecule has 0 spiro atoms. The quantitative estimate of drug-likeness (QED) is 0.593. The normalized spacial score (nSPS) is 11.6. The monoisotopic (exact) mass is 317 g/mol. The van der Waals surface area contributed by atoms with Crippen LogP contribution in [0.2, 0.25) is 0 Å². The molecule has 1 aromatic carbocycles. The number of allylic oxidation sites excluding steroid dienone is 2. The van der Waals surface area contributed by atoms with E-state index in [0.29, 0.717) is 28.4 Å². The number of halogens is 1. The van der Waals surface area contributed by atoms with E-state index in [1.165, 1.54) is 6.07 Å². The van der Waals surface area contributed by atoms with Gasteiger partial charge in [-0.2, -0.15) is 0 Å². The van der Waals surface area contributed by atoms with E-state index in [0.717, 1.165) is 6.34 Å². The van der Waals surface area contributed by atoms with Gasteiger partial charge < -0.3 is 16.0 Å². The summed E-state index contributed by atoms with van der Waals surface area (Å²) in [5.74, 6) is 0.405. The van der Waals surface area contributed by atoms with E-state index >= 15 is 0 Å². The molecule has 0 saturated heterocycles. The third kappa shape index (κ3) is 6.13. The molecule has 0 aliphatic rings. The Morgan fingerprint density at radius 2 is 2.09 bits per heavy atom. The lowest BCUT2D eigenvalue weighted by Gasteiger charge is -2.01. The van der Waals surface area contributed by atoms with Gasteiger partial charge in [-0.25, -0.2) is 4.39 Å². The number of nitrogens with one attached hydrogen (secondary N) is 1. The summed E-state index contributed by atoms with van der Waals surface area (Å²) in [5.41, 5.74) is 12.4. The maximum atomic E-state index is 13.6. The predicted molar refractivity (Wildman–Crippen MR) is 88.8 cm³/mol. The minimum atomic E-state index is -0.277. The van der Waals surface area contributed by atoms with Gasteiger partial charge in [-0.05, 0) is 26.0 Å². The first-order valence-electron chi connectivity index (χ1n) is 6.84. The highest BCUT2D eigenvalue weighted by Gasteiger charge is 2.07. The van der Waals surface area contributed by atoms with Crippen LogP contribution < -0.4 is 11.5 Å². The maximum absolute atomic E-state index is 13.6. The molecule has 0 aliphatic heterocycles. The number of hydrogen-bond donors (Lipinski definition) is 3. The van der Waals surface area contributed by atoms with Crippen LogP contribution in [-0.2, 0) is 6.54 Å². The van der Waals surface area contributed by atoms with Gasteiger partial charge in [-0.1, -0.05) is 23.4 Å². The summed E-state index contributed by atoms with van der Waals surface area (Å²) in [6.07, 6.45) is 2.44. The molecule has 2 aromatic rings. The van der Waals surface area contributed by atoms with Crippen molar-refractivity contribution < 1.29 is 8.91 Å². The Morgan fingerprint density at radius 3 is 2.61 bits per heavy atom. The Kier molecular flexibility index (Phi) is 7.19. The summed E-state index contributed by atoms with van der Waals surface area (Å²) in [7, 11) is 0. The number of rotatable bonds is 4. The Balaban J connectivity index is 0.000000816.